The number of ether oxygens (including phenoxy) is 3. The molecule has 1 amide bonds. The van der Waals surface area contributed by atoms with Crippen LogP contribution in [0.25, 0.3) is 17.2 Å². The molecule has 0 radical (unpaired) electrons. The predicted molar refractivity (Wildman–Crippen MR) is 128 cm³/mol. The highest BCUT2D eigenvalue weighted by molar-refractivity contribution is 5.95. The van der Waals surface area contributed by atoms with Gasteiger partial charge in [0, 0.05) is 23.5 Å². The average molecular weight is 473 g/mol. The lowest BCUT2D eigenvalue weighted by molar-refractivity contribution is -0.116. The molecule has 1 atom stereocenters. The minimum Gasteiger partial charge on any atom is -0.493 e. The Kier molecular flexibility index (Phi) is 5.77. The molecule has 0 aliphatic carbocycles. The van der Waals surface area contributed by atoms with E-state index < -0.39 is 0 Å². The van der Waals surface area contributed by atoms with Crippen LogP contribution in [0.2, 0.25) is 0 Å². The quantitative estimate of drug-likeness (QED) is 0.453. The zero-order valence-electron chi connectivity index (χ0n) is 19.8. The van der Waals surface area contributed by atoms with Crippen LogP contribution >= 0.6 is 0 Å². The number of benzene rings is 2. The zero-order chi connectivity index (χ0) is 24.5. The van der Waals surface area contributed by atoms with E-state index in [0.717, 1.165) is 22.4 Å². The van der Waals surface area contributed by atoms with Crippen molar-refractivity contribution >= 4 is 11.7 Å². The molecule has 0 saturated carbocycles. The molecule has 0 unspecified atom stereocenters. The topological polar surface area (TPSA) is 113 Å². The van der Waals surface area contributed by atoms with Crippen molar-refractivity contribution in [3.05, 3.63) is 65.5 Å². The Hall–Kier alpha value is -4.47. The van der Waals surface area contributed by atoms with Crippen LogP contribution in [0.15, 0.2) is 48.7 Å². The summed E-state index contributed by atoms with van der Waals surface area (Å²) in [6.07, 6.45) is 1.83. The van der Waals surface area contributed by atoms with Crippen molar-refractivity contribution < 1.29 is 19.0 Å². The van der Waals surface area contributed by atoms with Gasteiger partial charge in [0.25, 0.3) is 5.95 Å². The molecule has 0 saturated heterocycles. The number of amides is 1. The van der Waals surface area contributed by atoms with Crippen LogP contribution in [0.3, 0.4) is 0 Å². The van der Waals surface area contributed by atoms with E-state index in [-0.39, 0.29) is 24.2 Å². The number of carbonyl (C=O) groups excluding carboxylic acids is 1. The molecule has 5 rings (SSSR count). The van der Waals surface area contributed by atoms with Crippen molar-refractivity contribution in [1.82, 2.24) is 25.0 Å². The van der Waals surface area contributed by atoms with Gasteiger partial charge in [-0.2, -0.15) is 14.9 Å². The van der Waals surface area contributed by atoms with E-state index in [1.807, 2.05) is 49.4 Å². The number of nitrogens with zero attached hydrogens (tertiary/aromatic N) is 5. The fraction of sp³-hybridized carbons (Fsp3) is 0.240. The first-order valence-electron chi connectivity index (χ1n) is 11.0. The summed E-state index contributed by atoms with van der Waals surface area (Å²) in [7, 11) is 4.68. The molecule has 2 aromatic carbocycles. The summed E-state index contributed by atoms with van der Waals surface area (Å²) in [4.78, 5) is 17.5. The lowest BCUT2D eigenvalue weighted by Crippen LogP contribution is -2.25. The largest absolute Gasteiger partial charge is 0.493 e. The summed E-state index contributed by atoms with van der Waals surface area (Å²) in [5.74, 6) is 1.87. The lowest BCUT2D eigenvalue weighted by Gasteiger charge is -2.25. The molecule has 1 aliphatic rings. The van der Waals surface area contributed by atoms with Crippen LogP contribution in [0, 0.1) is 6.92 Å². The highest BCUT2D eigenvalue weighted by atomic mass is 16.5. The smallest absolute Gasteiger partial charge is 0.272 e. The summed E-state index contributed by atoms with van der Waals surface area (Å²) < 4.78 is 18.0. The fourth-order valence-corrected chi connectivity index (χ4v) is 4.41. The van der Waals surface area contributed by atoms with Crippen molar-refractivity contribution in [2.24, 2.45) is 0 Å². The minimum atomic E-state index is -0.286. The van der Waals surface area contributed by atoms with Gasteiger partial charge in [0.2, 0.25) is 11.7 Å². The normalized spacial score (nSPS) is 14.7. The number of methoxy groups -OCH3 is 3. The third-order valence-electron chi connectivity index (χ3n) is 6.00. The third-order valence-corrected chi connectivity index (χ3v) is 6.00. The number of rotatable bonds is 6. The Morgan fingerprint density at radius 2 is 1.74 bits per heavy atom. The third kappa shape index (κ3) is 3.92. The number of nitrogens with one attached hydrogen (secondary N) is 1. The Bertz CT molecular complexity index is 1380. The molecule has 0 spiro atoms. The van der Waals surface area contributed by atoms with Gasteiger partial charge in [-0.3, -0.25) is 4.79 Å². The number of aryl methyl sites for hydroxylation is 1. The SMILES string of the molecule is COc1cc([C@H]2CC(=O)Nc3c2c(C)nn3-c2nncc(-c3ccccc3)n2)cc(OC)c1OC. The van der Waals surface area contributed by atoms with Gasteiger partial charge in [0.1, 0.15) is 5.82 Å². The van der Waals surface area contributed by atoms with Gasteiger partial charge in [0.15, 0.2) is 11.5 Å². The maximum Gasteiger partial charge on any atom is 0.272 e. The molecule has 2 aromatic heterocycles. The number of anilines is 1. The van der Waals surface area contributed by atoms with Crippen LogP contribution in [0.4, 0.5) is 5.82 Å². The van der Waals surface area contributed by atoms with Crippen molar-refractivity contribution in [3.63, 3.8) is 0 Å². The molecule has 3 heterocycles. The first kappa shape index (κ1) is 22.3. The Labute approximate surface area is 201 Å². The Morgan fingerprint density at radius 1 is 1.03 bits per heavy atom. The minimum absolute atomic E-state index is 0.149. The zero-order valence-corrected chi connectivity index (χ0v) is 19.8. The molecular weight excluding hydrogens is 448 g/mol. The van der Waals surface area contributed by atoms with Crippen LogP contribution in [-0.2, 0) is 4.79 Å². The number of aromatic nitrogens is 5. The second-order valence-corrected chi connectivity index (χ2v) is 8.03. The molecule has 1 N–H and O–H groups in total. The van der Waals surface area contributed by atoms with Gasteiger partial charge in [-0.05, 0) is 24.6 Å². The van der Waals surface area contributed by atoms with Gasteiger partial charge >= 0.3 is 0 Å². The van der Waals surface area contributed by atoms with E-state index in [9.17, 15) is 4.79 Å². The van der Waals surface area contributed by atoms with Crippen molar-refractivity contribution in [3.8, 4) is 34.5 Å². The van der Waals surface area contributed by atoms with Gasteiger partial charge in [-0.25, -0.2) is 4.98 Å². The Balaban J connectivity index is 1.63. The number of hydrogen-bond donors (Lipinski definition) is 1. The molecule has 0 fully saturated rings. The monoisotopic (exact) mass is 472 g/mol. The van der Waals surface area contributed by atoms with Crippen LogP contribution < -0.4 is 19.5 Å². The second-order valence-electron chi connectivity index (χ2n) is 8.03. The van der Waals surface area contributed by atoms with E-state index in [2.05, 4.69) is 25.6 Å². The summed E-state index contributed by atoms with van der Waals surface area (Å²) in [6.45, 7) is 1.90. The molecule has 178 valence electrons. The molecule has 1 aliphatic heterocycles. The van der Waals surface area contributed by atoms with Gasteiger partial charge in [0.05, 0.1) is 38.9 Å². The average Bonchev–Trinajstić information content (AvgIpc) is 3.23. The summed E-state index contributed by atoms with van der Waals surface area (Å²) >= 11 is 0. The van der Waals surface area contributed by atoms with Gasteiger partial charge in [-0.15, -0.1) is 5.10 Å². The lowest BCUT2D eigenvalue weighted by atomic mass is 9.85. The highest BCUT2D eigenvalue weighted by Gasteiger charge is 2.34. The molecule has 4 aromatic rings. The van der Waals surface area contributed by atoms with E-state index >= 15 is 0 Å². The molecule has 10 heteroatoms. The molecule has 35 heavy (non-hydrogen) atoms. The molecular formula is C25H24N6O4. The fourth-order valence-electron chi connectivity index (χ4n) is 4.41. The summed E-state index contributed by atoms with van der Waals surface area (Å²) in [5.41, 5.74) is 4.01. The van der Waals surface area contributed by atoms with Crippen LogP contribution in [0.1, 0.15) is 29.2 Å². The standard InChI is InChI=1S/C25H24N6O4/c1-14-22-17(16-10-19(33-2)23(35-4)20(11-16)34-3)12-21(32)28-24(22)31(30-14)25-27-18(13-26-29-25)15-8-6-5-7-9-15/h5-11,13,17H,12H2,1-4H3,(H,28,32)/t17-/m1/s1. The molecule has 10 nitrogen and oxygen atoms in total. The highest BCUT2D eigenvalue weighted by Crippen LogP contribution is 2.45. The van der Waals surface area contributed by atoms with E-state index in [1.54, 1.807) is 27.5 Å². The van der Waals surface area contributed by atoms with E-state index in [4.69, 9.17) is 14.2 Å². The maximum absolute atomic E-state index is 12.8. The van der Waals surface area contributed by atoms with E-state index in [0.29, 0.717) is 28.8 Å². The van der Waals surface area contributed by atoms with Gasteiger partial charge in [-0.1, -0.05) is 30.3 Å². The number of carbonyl (C=O) groups is 1. The van der Waals surface area contributed by atoms with Crippen LogP contribution in [-0.4, -0.2) is 52.2 Å². The number of hydrogen-bond acceptors (Lipinski definition) is 8. The second kappa shape index (κ2) is 9.05. The van der Waals surface area contributed by atoms with Gasteiger partial charge < -0.3 is 19.5 Å². The predicted octanol–water partition coefficient (Wildman–Crippen LogP) is 3.53. The van der Waals surface area contributed by atoms with Crippen molar-refractivity contribution in [1.29, 1.82) is 0 Å². The molecule has 0 bridgehead atoms. The number of fused-ring (bicyclic) bond motifs is 1. The Morgan fingerprint density at radius 3 is 2.40 bits per heavy atom. The maximum atomic E-state index is 12.8. The summed E-state index contributed by atoms with van der Waals surface area (Å²) in [5, 5.41) is 15.9. The van der Waals surface area contributed by atoms with Crippen molar-refractivity contribution in [2.75, 3.05) is 26.6 Å². The van der Waals surface area contributed by atoms with E-state index in [1.165, 1.54) is 4.68 Å². The van der Waals surface area contributed by atoms with Crippen molar-refractivity contribution in [2.45, 2.75) is 19.3 Å². The first-order valence-corrected chi connectivity index (χ1v) is 11.0. The van der Waals surface area contributed by atoms with Crippen LogP contribution in [0.5, 0.6) is 17.2 Å². The first-order chi connectivity index (χ1) is 17.0. The summed E-state index contributed by atoms with van der Waals surface area (Å²) in [6, 6.07) is 13.4.